The molecule has 0 amide bonds. The van der Waals surface area contributed by atoms with Crippen LogP contribution in [0.25, 0.3) is 10.8 Å². The Balaban J connectivity index is 1.89. The first kappa shape index (κ1) is 22.9. The summed E-state index contributed by atoms with van der Waals surface area (Å²) in [5.41, 5.74) is -2.50. The van der Waals surface area contributed by atoms with Gasteiger partial charge in [0.15, 0.2) is 0 Å². The molecule has 0 spiro atoms. The Kier molecular flexibility index (Phi) is 5.90. The molecule has 166 valence electrons. The molecule has 10 heteroatoms. The standard InChI is InChI=1S/C22H13BrCl2F3NO3/c1-31-20(30)17-7-6-16(14-4-2-3-5-15(14)17)18-19(23)21(32-29-18,22(26,27)28)11-8-12(24)10-13(25)9-11/h2-10,19H,1H3. The summed E-state index contributed by atoms with van der Waals surface area (Å²) in [5, 5.41) is 4.92. The van der Waals surface area contributed by atoms with E-state index in [1.807, 2.05) is 0 Å². The number of esters is 1. The van der Waals surface area contributed by atoms with E-state index >= 15 is 0 Å². The lowest BCUT2D eigenvalue weighted by Gasteiger charge is -2.33. The maximum absolute atomic E-state index is 14.5. The second-order valence-corrected chi connectivity index (χ2v) is 8.81. The van der Waals surface area contributed by atoms with Gasteiger partial charge < -0.3 is 9.57 Å². The molecule has 3 aromatic rings. The Bertz CT molecular complexity index is 1240. The summed E-state index contributed by atoms with van der Waals surface area (Å²) in [4.78, 5) is 15.8. The third-order valence-corrected chi connectivity index (χ3v) is 6.72. The van der Waals surface area contributed by atoms with Gasteiger partial charge in [0.1, 0.15) is 10.5 Å². The highest BCUT2D eigenvalue weighted by Gasteiger charge is 2.67. The van der Waals surface area contributed by atoms with E-state index in [1.165, 1.54) is 25.3 Å². The van der Waals surface area contributed by atoms with E-state index in [0.29, 0.717) is 16.3 Å². The van der Waals surface area contributed by atoms with Gasteiger partial charge in [-0.05, 0) is 35.0 Å². The molecule has 2 atom stereocenters. The molecule has 0 aromatic heterocycles. The van der Waals surface area contributed by atoms with Crippen LogP contribution in [0.3, 0.4) is 0 Å². The number of carbonyl (C=O) groups is 1. The quantitative estimate of drug-likeness (QED) is 0.265. The van der Waals surface area contributed by atoms with Crippen LogP contribution in [-0.2, 0) is 15.2 Å². The topological polar surface area (TPSA) is 47.9 Å². The summed E-state index contributed by atoms with van der Waals surface area (Å²) in [5.74, 6) is -0.564. The highest BCUT2D eigenvalue weighted by molar-refractivity contribution is 9.10. The zero-order valence-electron chi connectivity index (χ0n) is 16.2. The molecule has 0 radical (unpaired) electrons. The van der Waals surface area contributed by atoms with Gasteiger partial charge in [0, 0.05) is 21.2 Å². The lowest BCUT2D eigenvalue weighted by molar-refractivity contribution is -0.273. The Hall–Kier alpha value is -2.29. The first-order chi connectivity index (χ1) is 15.1. The maximum atomic E-state index is 14.5. The van der Waals surface area contributed by atoms with Crippen molar-refractivity contribution in [3.63, 3.8) is 0 Å². The van der Waals surface area contributed by atoms with Gasteiger partial charge in [-0.1, -0.05) is 74.6 Å². The summed E-state index contributed by atoms with van der Waals surface area (Å²) in [6.45, 7) is 0. The van der Waals surface area contributed by atoms with Crippen molar-refractivity contribution in [1.82, 2.24) is 0 Å². The molecule has 3 aromatic carbocycles. The molecule has 2 unspecified atom stereocenters. The number of alkyl halides is 4. The highest BCUT2D eigenvalue weighted by atomic mass is 79.9. The molecule has 4 rings (SSSR count). The number of halogens is 6. The number of methoxy groups -OCH3 is 1. The zero-order chi connectivity index (χ0) is 23.3. The number of benzene rings is 3. The molecule has 0 fully saturated rings. The minimum atomic E-state index is -4.87. The maximum Gasteiger partial charge on any atom is 0.436 e. The van der Waals surface area contributed by atoms with E-state index in [-0.39, 0.29) is 26.9 Å². The fourth-order valence-corrected chi connectivity index (χ4v) is 5.19. The molecule has 0 saturated carbocycles. The Morgan fingerprint density at radius 3 is 2.31 bits per heavy atom. The minimum Gasteiger partial charge on any atom is -0.465 e. The van der Waals surface area contributed by atoms with Crippen molar-refractivity contribution in [2.45, 2.75) is 16.6 Å². The van der Waals surface area contributed by atoms with E-state index in [2.05, 4.69) is 21.1 Å². The third kappa shape index (κ3) is 3.54. The minimum absolute atomic E-state index is 0.00559. The van der Waals surface area contributed by atoms with Gasteiger partial charge in [0.05, 0.1) is 12.7 Å². The van der Waals surface area contributed by atoms with Crippen molar-refractivity contribution in [2.75, 3.05) is 7.11 Å². The molecule has 0 aliphatic carbocycles. The molecule has 1 heterocycles. The molecule has 0 bridgehead atoms. The predicted octanol–water partition coefficient (Wildman–Crippen LogP) is 6.89. The molecule has 1 aliphatic heterocycles. The van der Waals surface area contributed by atoms with E-state index < -0.39 is 22.6 Å². The van der Waals surface area contributed by atoms with Crippen LogP contribution in [0.1, 0.15) is 21.5 Å². The predicted molar refractivity (Wildman–Crippen MR) is 120 cm³/mol. The number of hydrogen-bond acceptors (Lipinski definition) is 4. The van der Waals surface area contributed by atoms with Gasteiger partial charge in [-0.3, -0.25) is 0 Å². The van der Waals surface area contributed by atoms with Gasteiger partial charge in [-0.15, -0.1) is 0 Å². The van der Waals surface area contributed by atoms with Crippen LogP contribution in [0, 0.1) is 0 Å². The van der Waals surface area contributed by atoms with Gasteiger partial charge in [-0.25, -0.2) is 4.79 Å². The van der Waals surface area contributed by atoms with Gasteiger partial charge in [0.2, 0.25) is 0 Å². The molecule has 1 aliphatic rings. The van der Waals surface area contributed by atoms with Gasteiger partial charge in [-0.2, -0.15) is 13.2 Å². The first-order valence-electron chi connectivity index (χ1n) is 9.14. The number of rotatable bonds is 3. The summed E-state index contributed by atoms with van der Waals surface area (Å²) < 4.78 is 48.2. The summed E-state index contributed by atoms with van der Waals surface area (Å²) >= 11 is 15.1. The fourth-order valence-electron chi connectivity index (χ4n) is 3.73. The molecular weight excluding hydrogens is 534 g/mol. The average Bonchev–Trinajstić information content (AvgIpc) is 3.09. The largest absolute Gasteiger partial charge is 0.465 e. The van der Waals surface area contributed by atoms with Crippen molar-refractivity contribution < 1.29 is 27.5 Å². The van der Waals surface area contributed by atoms with Crippen LogP contribution in [0.2, 0.25) is 10.0 Å². The average molecular weight is 547 g/mol. The van der Waals surface area contributed by atoms with Crippen LogP contribution >= 0.6 is 39.1 Å². The van der Waals surface area contributed by atoms with Crippen molar-refractivity contribution in [2.24, 2.45) is 5.16 Å². The second-order valence-electron chi connectivity index (χ2n) is 7.02. The van der Waals surface area contributed by atoms with Crippen LogP contribution in [0.15, 0.2) is 59.8 Å². The normalized spacial score (nSPS) is 20.7. The molecule has 0 saturated heterocycles. The monoisotopic (exact) mass is 545 g/mol. The molecule has 4 nitrogen and oxygen atoms in total. The van der Waals surface area contributed by atoms with Crippen molar-refractivity contribution in [1.29, 1.82) is 0 Å². The number of oxime groups is 1. The smallest absolute Gasteiger partial charge is 0.436 e. The second kappa shape index (κ2) is 8.24. The van der Waals surface area contributed by atoms with E-state index in [1.54, 1.807) is 24.3 Å². The lowest BCUT2D eigenvalue weighted by Crippen LogP contribution is -2.50. The summed E-state index contributed by atoms with van der Waals surface area (Å²) in [7, 11) is 1.25. The number of ether oxygens (including phenoxy) is 1. The van der Waals surface area contributed by atoms with Crippen molar-refractivity contribution >= 4 is 61.6 Å². The van der Waals surface area contributed by atoms with E-state index in [4.69, 9.17) is 32.8 Å². The number of fused-ring (bicyclic) bond motifs is 1. The Morgan fingerprint density at radius 1 is 1.09 bits per heavy atom. The molecule has 32 heavy (non-hydrogen) atoms. The van der Waals surface area contributed by atoms with Crippen molar-refractivity contribution in [3.8, 4) is 0 Å². The highest BCUT2D eigenvalue weighted by Crippen LogP contribution is 2.52. The summed E-state index contributed by atoms with van der Waals surface area (Å²) in [6.07, 6.45) is -4.87. The Morgan fingerprint density at radius 2 is 1.72 bits per heavy atom. The zero-order valence-corrected chi connectivity index (χ0v) is 19.3. The third-order valence-electron chi connectivity index (χ3n) is 5.20. The fraction of sp³-hybridized carbons (Fsp3) is 0.182. The van der Waals surface area contributed by atoms with Crippen molar-refractivity contribution in [3.05, 3.63) is 81.3 Å². The molecular formula is C22H13BrCl2F3NO3. The van der Waals surface area contributed by atoms with E-state index in [9.17, 15) is 18.0 Å². The van der Waals surface area contributed by atoms with Crippen LogP contribution in [0.4, 0.5) is 13.2 Å². The number of hydrogen-bond donors (Lipinski definition) is 0. The van der Waals surface area contributed by atoms with Gasteiger partial charge in [0.25, 0.3) is 5.60 Å². The van der Waals surface area contributed by atoms with Gasteiger partial charge >= 0.3 is 12.1 Å². The van der Waals surface area contributed by atoms with Crippen LogP contribution in [0.5, 0.6) is 0 Å². The Labute approximate surface area is 199 Å². The SMILES string of the molecule is COC(=O)c1ccc(C2=NOC(c3cc(Cl)cc(Cl)c3)(C(F)(F)F)C2Br)c2ccccc12. The van der Waals surface area contributed by atoms with Crippen LogP contribution < -0.4 is 0 Å². The first-order valence-corrected chi connectivity index (χ1v) is 10.8. The summed E-state index contributed by atoms with van der Waals surface area (Å²) in [6, 6.07) is 13.4. The van der Waals surface area contributed by atoms with Crippen LogP contribution in [-0.4, -0.2) is 29.8 Å². The van der Waals surface area contributed by atoms with E-state index in [0.717, 1.165) is 12.1 Å². The lowest BCUT2D eigenvalue weighted by atomic mass is 9.85. The number of nitrogens with zero attached hydrogens (tertiary/aromatic N) is 1. The molecule has 0 N–H and O–H groups in total. The number of carbonyl (C=O) groups excluding carboxylic acids is 1.